The highest BCUT2D eigenvalue weighted by molar-refractivity contribution is 5.68. The fraction of sp³-hybridized carbons (Fsp3) is 0.533. The lowest BCUT2D eigenvalue weighted by Gasteiger charge is -2.19. The molecule has 0 radical (unpaired) electrons. The van der Waals surface area contributed by atoms with E-state index in [-0.39, 0.29) is 24.5 Å². The molecule has 0 bridgehead atoms. The van der Waals surface area contributed by atoms with Crippen molar-refractivity contribution in [1.82, 2.24) is 4.90 Å². The number of carbonyl (C=O) groups is 1. The summed E-state index contributed by atoms with van der Waals surface area (Å²) < 4.78 is 5.28. The lowest BCUT2D eigenvalue weighted by molar-refractivity contribution is 0.0160. The van der Waals surface area contributed by atoms with Crippen LogP contribution in [-0.2, 0) is 11.3 Å². The summed E-state index contributed by atoms with van der Waals surface area (Å²) in [7, 11) is 0. The Morgan fingerprint density at radius 1 is 1.25 bits per heavy atom. The molecule has 0 aromatic heterocycles. The van der Waals surface area contributed by atoms with Gasteiger partial charge in [-0.1, -0.05) is 30.3 Å². The minimum Gasteiger partial charge on any atom is -0.445 e. The van der Waals surface area contributed by atoms with E-state index in [9.17, 15) is 15.0 Å². The molecule has 1 aromatic rings. The first-order valence-electron chi connectivity index (χ1n) is 6.97. The van der Waals surface area contributed by atoms with Gasteiger partial charge in [0.15, 0.2) is 0 Å². The lowest BCUT2D eigenvalue weighted by Crippen LogP contribution is -2.34. The lowest BCUT2D eigenvalue weighted by atomic mass is 9.99. The van der Waals surface area contributed by atoms with E-state index in [4.69, 9.17) is 4.74 Å². The van der Waals surface area contributed by atoms with Gasteiger partial charge in [-0.2, -0.15) is 0 Å². The van der Waals surface area contributed by atoms with Crippen molar-refractivity contribution in [2.75, 3.05) is 13.1 Å². The van der Waals surface area contributed by atoms with Gasteiger partial charge in [0.2, 0.25) is 0 Å². The number of carbonyl (C=O) groups excluding carboxylic acids is 1. The molecule has 1 aliphatic heterocycles. The number of hydrogen-bond donors (Lipinski definition) is 2. The molecule has 1 saturated carbocycles. The van der Waals surface area contributed by atoms with Crippen LogP contribution in [0.2, 0.25) is 0 Å². The molecule has 5 heteroatoms. The Bertz CT molecular complexity index is 478. The van der Waals surface area contributed by atoms with Gasteiger partial charge in [-0.3, -0.25) is 0 Å². The first-order valence-corrected chi connectivity index (χ1v) is 6.97. The monoisotopic (exact) mass is 277 g/mol. The van der Waals surface area contributed by atoms with E-state index in [1.54, 1.807) is 4.90 Å². The van der Waals surface area contributed by atoms with Crippen LogP contribution in [0.1, 0.15) is 12.0 Å². The Morgan fingerprint density at radius 2 is 2.00 bits per heavy atom. The minimum atomic E-state index is -0.716. The Labute approximate surface area is 117 Å². The van der Waals surface area contributed by atoms with Crippen molar-refractivity contribution in [3.63, 3.8) is 0 Å². The second-order valence-electron chi connectivity index (χ2n) is 5.66. The van der Waals surface area contributed by atoms with E-state index in [2.05, 4.69) is 0 Å². The van der Waals surface area contributed by atoms with E-state index in [1.807, 2.05) is 30.3 Å². The molecule has 4 atom stereocenters. The number of likely N-dealkylation sites (tertiary alicyclic amines) is 1. The Kier molecular flexibility index (Phi) is 3.63. The smallest absolute Gasteiger partial charge is 0.410 e. The van der Waals surface area contributed by atoms with E-state index < -0.39 is 12.2 Å². The summed E-state index contributed by atoms with van der Waals surface area (Å²) in [6, 6.07) is 9.54. The van der Waals surface area contributed by atoms with Crippen molar-refractivity contribution in [2.45, 2.75) is 25.2 Å². The summed E-state index contributed by atoms with van der Waals surface area (Å²) in [5, 5.41) is 19.4. The molecule has 3 rings (SSSR count). The molecule has 5 nitrogen and oxygen atoms in total. The third-order valence-electron chi connectivity index (χ3n) is 4.33. The van der Waals surface area contributed by atoms with Gasteiger partial charge in [0.25, 0.3) is 0 Å². The molecule has 1 saturated heterocycles. The third-order valence-corrected chi connectivity index (χ3v) is 4.33. The number of aliphatic hydroxyl groups is 2. The van der Waals surface area contributed by atoms with Crippen LogP contribution in [0.5, 0.6) is 0 Å². The molecule has 108 valence electrons. The van der Waals surface area contributed by atoms with Gasteiger partial charge < -0.3 is 19.8 Å². The van der Waals surface area contributed by atoms with Crippen LogP contribution >= 0.6 is 0 Å². The van der Waals surface area contributed by atoms with Gasteiger partial charge in [0, 0.05) is 19.0 Å². The maximum Gasteiger partial charge on any atom is 0.410 e. The zero-order valence-electron chi connectivity index (χ0n) is 11.2. The van der Waals surface area contributed by atoms with Gasteiger partial charge >= 0.3 is 6.09 Å². The molecule has 1 heterocycles. The molecule has 0 spiro atoms. The van der Waals surface area contributed by atoms with Crippen LogP contribution in [-0.4, -0.2) is 46.5 Å². The van der Waals surface area contributed by atoms with Crippen molar-refractivity contribution >= 4 is 6.09 Å². The van der Waals surface area contributed by atoms with Crippen molar-refractivity contribution in [2.24, 2.45) is 11.8 Å². The van der Waals surface area contributed by atoms with Crippen molar-refractivity contribution in [1.29, 1.82) is 0 Å². The highest BCUT2D eigenvalue weighted by Gasteiger charge is 2.48. The second kappa shape index (κ2) is 5.42. The molecule has 20 heavy (non-hydrogen) atoms. The van der Waals surface area contributed by atoms with Gasteiger partial charge in [-0.05, 0) is 17.9 Å². The van der Waals surface area contributed by atoms with Gasteiger partial charge in [0.1, 0.15) is 6.61 Å². The Balaban J connectivity index is 1.53. The summed E-state index contributed by atoms with van der Waals surface area (Å²) in [4.78, 5) is 13.6. The topological polar surface area (TPSA) is 70.0 Å². The quantitative estimate of drug-likeness (QED) is 0.846. The number of amides is 1. The number of hydrogen-bond acceptors (Lipinski definition) is 4. The predicted octanol–water partition coefficient (Wildman–Crippen LogP) is 0.997. The van der Waals surface area contributed by atoms with E-state index in [0.29, 0.717) is 19.5 Å². The molecule has 1 aromatic carbocycles. The van der Waals surface area contributed by atoms with Crippen LogP contribution in [0.15, 0.2) is 30.3 Å². The SMILES string of the molecule is O=C(OCc1ccccc1)N1CC2CC(O)C(O)C2C1. The van der Waals surface area contributed by atoms with E-state index in [1.165, 1.54) is 0 Å². The molecule has 1 aliphatic carbocycles. The number of benzene rings is 1. The van der Waals surface area contributed by atoms with Crippen LogP contribution in [0.25, 0.3) is 0 Å². The first kappa shape index (κ1) is 13.4. The van der Waals surface area contributed by atoms with Gasteiger partial charge in [-0.15, -0.1) is 0 Å². The van der Waals surface area contributed by atoms with Crippen LogP contribution < -0.4 is 0 Å². The third kappa shape index (κ3) is 2.51. The highest BCUT2D eigenvalue weighted by Crippen LogP contribution is 2.38. The fourth-order valence-corrected chi connectivity index (χ4v) is 3.23. The van der Waals surface area contributed by atoms with Crippen LogP contribution in [0.3, 0.4) is 0 Å². The van der Waals surface area contributed by atoms with Crippen LogP contribution in [0.4, 0.5) is 4.79 Å². The molecular weight excluding hydrogens is 258 g/mol. The van der Waals surface area contributed by atoms with Crippen LogP contribution in [0, 0.1) is 11.8 Å². The molecule has 2 N–H and O–H groups in total. The number of aliphatic hydroxyl groups excluding tert-OH is 2. The Hall–Kier alpha value is -1.59. The second-order valence-corrected chi connectivity index (χ2v) is 5.66. The number of rotatable bonds is 2. The molecule has 2 fully saturated rings. The fourth-order valence-electron chi connectivity index (χ4n) is 3.23. The summed E-state index contributed by atoms with van der Waals surface area (Å²) in [5.74, 6) is 0.165. The first-order chi connectivity index (χ1) is 9.65. The standard InChI is InChI=1S/C15H19NO4/c17-13-6-11-7-16(8-12(11)14(13)18)15(19)20-9-10-4-2-1-3-5-10/h1-5,11-14,17-18H,6-9H2. The predicted molar refractivity (Wildman–Crippen MR) is 71.8 cm³/mol. The largest absolute Gasteiger partial charge is 0.445 e. The zero-order chi connectivity index (χ0) is 14.1. The normalized spacial score (nSPS) is 32.2. The number of ether oxygens (including phenoxy) is 1. The van der Waals surface area contributed by atoms with E-state index >= 15 is 0 Å². The molecule has 2 aliphatic rings. The summed E-state index contributed by atoms with van der Waals surface area (Å²) in [5.41, 5.74) is 0.954. The summed E-state index contributed by atoms with van der Waals surface area (Å²) in [6.45, 7) is 1.29. The average molecular weight is 277 g/mol. The molecule has 1 amide bonds. The van der Waals surface area contributed by atoms with Crippen molar-refractivity contribution in [3.8, 4) is 0 Å². The maximum atomic E-state index is 12.0. The average Bonchev–Trinajstić information content (AvgIpc) is 2.98. The van der Waals surface area contributed by atoms with Crippen molar-refractivity contribution in [3.05, 3.63) is 35.9 Å². The number of fused-ring (bicyclic) bond motifs is 1. The van der Waals surface area contributed by atoms with Crippen molar-refractivity contribution < 1.29 is 19.7 Å². The Morgan fingerprint density at radius 3 is 2.70 bits per heavy atom. The molecular formula is C15H19NO4. The van der Waals surface area contributed by atoms with Gasteiger partial charge in [-0.25, -0.2) is 4.79 Å². The van der Waals surface area contributed by atoms with Gasteiger partial charge in [0.05, 0.1) is 12.2 Å². The highest BCUT2D eigenvalue weighted by atomic mass is 16.6. The number of nitrogens with zero attached hydrogens (tertiary/aromatic N) is 1. The minimum absolute atomic E-state index is 0.0192. The summed E-state index contributed by atoms with van der Waals surface area (Å²) in [6.07, 6.45) is -1.14. The van der Waals surface area contributed by atoms with E-state index in [0.717, 1.165) is 5.56 Å². The summed E-state index contributed by atoms with van der Waals surface area (Å²) >= 11 is 0. The molecule has 4 unspecified atom stereocenters. The maximum absolute atomic E-state index is 12.0. The zero-order valence-corrected chi connectivity index (χ0v) is 11.2.